The highest BCUT2D eigenvalue weighted by Gasteiger charge is 2.12. The van der Waals surface area contributed by atoms with Crippen LogP contribution in [0.4, 0.5) is 0 Å². The van der Waals surface area contributed by atoms with Crippen LogP contribution in [0.2, 0.25) is 0 Å². The molecule has 0 aliphatic heterocycles. The third kappa shape index (κ3) is 2.53. The van der Waals surface area contributed by atoms with E-state index in [1.807, 2.05) is 49.4 Å². The molecular weight excluding hydrogens is 268 g/mol. The molecule has 0 amide bonds. The van der Waals surface area contributed by atoms with Crippen LogP contribution in [0.25, 0.3) is 20.8 Å². The Morgan fingerprint density at radius 1 is 1.15 bits per heavy atom. The van der Waals surface area contributed by atoms with Gasteiger partial charge in [-0.25, -0.2) is 4.98 Å². The smallest absolute Gasteiger partial charge is 0.130 e. The first kappa shape index (κ1) is 13.1. The summed E-state index contributed by atoms with van der Waals surface area (Å²) in [6, 6.07) is 16.1. The standard InChI is InChI=1S/C16H16N2OS/c1-11(10-17)19-14-8-4-2-6-12(14)16-18-13-7-3-5-9-15(13)20-16/h2-9,11H,10,17H2,1H3. The van der Waals surface area contributed by atoms with E-state index in [9.17, 15) is 0 Å². The molecule has 0 bridgehead atoms. The minimum atomic E-state index is -0.00877. The van der Waals surface area contributed by atoms with Crippen molar-refractivity contribution in [3.05, 3.63) is 48.5 Å². The lowest BCUT2D eigenvalue weighted by atomic mass is 10.2. The van der Waals surface area contributed by atoms with E-state index in [0.29, 0.717) is 6.54 Å². The molecule has 3 nitrogen and oxygen atoms in total. The first-order valence-electron chi connectivity index (χ1n) is 6.59. The van der Waals surface area contributed by atoms with Crippen LogP contribution < -0.4 is 10.5 Å². The van der Waals surface area contributed by atoms with Gasteiger partial charge < -0.3 is 10.5 Å². The van der Waals surface area contributed by atoms with Crippen LogP contribution >= 0.6 is 11.3 Å². The van der Waals surface area contributed by atoms with Gasteiger partial charge in [0.15, 0.2) is 0 Å². The van der Waals surface area contributed by atoms with Crippen molar-refractivity contribution in [3.8, 4) is 16.3 Å². The largest absolute Gasteiger partial charge is 0.489 e. The van der Waals surface area contributed by atoms with Crippen molar-refractivity contribution in [3.63, 3.8) is 0 Å². The second kappa shape index (κ2) is 5.61. The minimum Gasteiger partial charge on any atom is -0.489 e. The number of fused-ring (bicyclic) bond motifs is 1. The molecular formula is C16H16N2OS. The lowest BCUT2D eigenvalue weighted by Crippen LogP contribution is -2.23. The number of hydrogen-bond acceptors (Lipinski definition) is 4. The average molecular weight is 284 g/mol. The molecule has 1 atom stereocenters. The Balaban J connectivity index is 2.04. The van der Waals surface area contributed by atoms with Gasteiger partial charge in [-0.1, -0.05) is 24.3 Å². The van der Waals surface area contributed by atoms with Crippen molar-refractivity contribution in [2.75, 3.05) is 6.54 Å². The van der Waals surface area contributed by atoms with Gasteiger partial charge in [-0.2, -0.15) is 0 Å². The number of benzene rings is 2. The second-order valence-corrected chi connectivity index (χ2v) is 5.68. The van der Waals surface area contributed by atoms with Gasteiger partial charge >= 0.3 is 0 Å². The van der Waals surface area contributed by atoms with E-state index in [0.717, 1.165) is 21.8 Å². The van der Waals surface area contributed by atoms with Crippen molar-refractivity contribution >= 4 is 21.6 Å². The number of para-hydroxylation sites is 2. The predicted molar refractivity (Wildman–Crippen MR) is 84.2 cm³/mol. The molecule has 0 saturated carbocycles. The Morgan fingerprint density at radius 3 is 2.70 bits per heavy atom. The van der Waals surface area contributed by atoms with Crippen molar-refractivity contribution in [1.82, 2.24) is 4.98 Å². The van der Waals surface area contributed by atoms with Crippen LogP contribution in [0.5, 0.6) is 5.75 Å². The van der Waals surface area contributed by atoms with E-state index in [4.69, 9.17) is 10.5 Å². The average Bonchev–Trinajstić information content (AvgIpc) is 2.91. The highest BCUT2D eigenvalue weighted by molar-refractivity contribution is 7.21. The van der Waals surface area contributed by atoms with E-state index >= 15 is 0 Å². The van der Waals surface area contributed by atoms with Crippen molar-refractivity contribution in [2.24, 2.45) is 5.73 Å². The Bertz CT molecular complexity index is 690. The molecule has 4 heteroatoms. The summed E-state index contributed by atoms with van der Waals surface area (Å²) in [5.74, 6) is 0.838. The van der Waals surface area contributed by atoms with Gasteiger partial charge in [0.25, 0.3) is 0 Å². The SMILES string of the molecule is CC(CN)Oc1ccccc1-c1nc2ccccc2s1. The molecule has 0 aliphatic rings. The van der Waals surface area contributed by atoms with Crippen LogP contribution in [0.1, 0.15) is 6.92 Å². The highest BCUT2D eigenvalue weighted by Crippen LogP contribution is 2.35. The number of ether oxygens (including phenoxy) is 1. The zero-order chi connectivity index (χ0) is 13.9. The summed E-state index contributed by atoms with van der Waals surface area (Å²) >= 11 is 1.68. The fourth-order valence-electron chi connectivity index (χ4n) is 2.00. The van der Waals surface area contributed by atoms with Gasteiger partial charge in [-0.3, -0.25) is 0 Å². The van der Waals surface area contributed by atoms with Crippen molar-refractivity contribution in [2.45, 2.75) is 13.0 Å². The number of nitrogens with zero attached hydrogens (tertiary/aromatic N) is 1. The fourth-order valence-corrected chi connectivity index (χ4v) is 2.99. The fraction of sp³-hybridized carbons (Fsp3) is 0.188. The maximum atomic E-state index is 5.89. The minimum absolute atomic E-state index is 0.00877. The quantitative estimate of drug-likeness (QED) is 0.795. The number of nitrogens with two attached hydrogens (primary N) is 1. The number of hydrogen-bond donors (Lipinski definition) is 1. The molecule has 0 fully saturated rings. The lowest BCUT2D eigenvalue weighted by molar-refractivity contribution is 0.231. The van der Waals surface area contributed by atoms with E-state index in [1.54, 1.807) is 11.3 Å². The molecule has 20 heavy (non-hydrogen) atoms. The second-order valence-electron chi connectivity index (χ2n) is 4.65. The van der Waals surface area contributed by atoms with Crippen molar-refractivity contribution in [1.29, 1.82) is 0 Å². The summed E-state index contributed by atoms with van der Waals surface area (Å²) in [5, 5.41) is 0.978. The van der Waals surface area contributed by atoms with Gasteiger partial charge in [0.1, 0.15) is 16.9 Å². The third-order valence-corrected chi connectivity index (χ3v) is 4.14. The maximum Gasteiger partial charge on any atom is 0.130 e. The van der Waals surface area contributed by atoms with Gasteiger partial charge in [-0.15, -0.1) is 11.3 Å². The van der Waals surface area contributed by atoms with Gasteiger partial charge in [0.2, 0.25) is 0 Å². The summed E-state index contributed by atoms with van der Waals surface area (Å²) < 4.78 is 7.07. The van der Waals surface area contributed by atoms with Crippen LogP contribution in [-0.2, 0) is 0 Å². The van der Waals surface area contributed by atoms with E-state index < -0.39 is 0 Å². The molecule has 0 aliphatic carbocycles. The molecule has 0 radical (unpaired) electrons. The van der Waals surface area contributed by atoms with Crippen LogP contribution in [0.15, 0.2) is 48.5 Å². The van der Waals surface area contributed by atoms with Gasteiger partial charge in [0, 0.05) is 6.54 Å². The highest BCUT2D eigenvalue weighted by atomic mass is 32.1. The van der Waals surface area contributed by atoms with Gasteiger partial charge in [-0.05, 0) is 31.2 Å². The Kier molecular flexibility index (Phi) is 3.67. The molecule has 2 aromatic carbocycles. The number of aromatic nitrogens is 1. The van der Waals surface area contributed by atoms with E-state index in [-0.39, 0.29) is 6.10 Å². The molecule has 102 valence electrons. The molecule has 0 saturated heterocycles. The van der Waals surface area contributed by atoms with Crippen molar-refractivity contribution < 1.29 is 4.74 Å². The number of rotatable bonds is 4. The molecule has 1 unspecified atom stereocenters. The van der Waals surface area contributed by atoms with E-state index in [1.165, 1.54) is 4.70 Å². The number of thiazole rings is 1. The Labute approximate surface area is 122 Å². The maximum absolute atomic E-state index is 5.89. The Hall–Kier alpha value is -1.91. The summed E-state index contributed by atoms with van der Waals surface area (Å²) in [7, 11) is 0. The zero-order valence-electron chi connectivity index (χ0n) is 11.2. The normalized spacial score (nSPS) is 12.5. The topological polar surface area (TPSA) is 48.1 Å². The summed E-state index contributed by atoms with van der Waals surface area (Å²) in [5.41, 5.74) is 7.68. The molecule has 1 heterocycles. The molecule has 3 aromatic rings. The molecule has 1 aromatic heterocycles. The van der Waals surface area contributed by atoms with Crippen LogP contribution in [0.3, 0.4) is 0 Å². The van der Waals surface area contributed by atoms with Crippen LogP contribution in [-0.4, -0.2) is 17.6 Å². The first-order chi connectivity index (χ1) is 9.78. The lowest BCUT2D eigenvalue weighted by Gasteiger charge is -2.14. The summed E-state index contributed by atoms with van der Waals surface area (Å²) in [4.78, 5) is 4.68. The predicted octanol–water partition coefficient (Wildman–Crippen LogP) is 3.69. The van der Waals surface area contributed by atoms with E-state index in [2.05, 4.69) is 11.1 Å². The Morgan fingerprint density at radius 2 is 1.90 bits per heavy atom. The third-order valence-electron chi connectivity index (χ3n) is 3.07. The first-order valence-corrected chi connectivity index (χ1v) is 7.41. The van der Waals surface area contributed by atoms with Gasteiger partial charge in [0.05, 0.1) is 15.8 Å². The molecule has 2 N–H and O–H groups in total. The van der Waals surface area contributed by atoms with Crippen LogP contribution in [0, 0.1) is 0 Å². The summed E-state index contributed by atoms with van der Waals surface area (Å²) in [6.07, 6.45) is -0.00877. The monoisotopic (exact) mass is 284 g/mol. The molecule has 0 spiro atoms. The summed E-state index contributed by atoms with van der Waals surface area (Å²) in [6.45, 7) is 2.46. The zero-order valence-corrected chi connectivity index (χ0v) is 12.1. The molecule has 3 rings (SSSR count).